The van der Waals surface area contributed by atoms with Gasteiger partial charge in [-0.25, -0.2) is 4.79 Å². The second-order valence-corrected chi connectivity index (χ2v) is 3.67. The molecule has 0 spiro atoms. The number of para-hydroxylation sites is 1. The molecule has 2 N–H and O–H groups in total. The summed E-state index contributed by atoms with van der Waals surface area (Å²) in [6.07, 6.45) is 0. The van der Waals surface area contributed by atoms with Gasteiger partial charge >= 0.3 is 6.03 Å². The van der Waals surface area contributed by atoms with Crippen LogP contribution in [-0.4, -0.2) is 6.03 Å². The van der Waals surface area contributed by atoms with Crippen molar-refractivity contribution in [3.8, 4) is 6.07 Å². The van der Waals surface area contributed by atoms with Crippen LogP contribution < -0.4 is 10.6 Å². The maximum Gasteiger partial charge on any atom is 0.323 e. The summed E-state index contributed by atoms with van der Waals surface area (Å²) in [7, 11) is 0. The molecule has 18 heavy (non-hydrogen) atoms. The Morgan fingerprint density at radius 3 is 2.33 bits per heavy atom. The molecule has 0 aromatic heterocycles. The van der Waals surface area contributed by atoms with Gasteiger partial charge in [0.05, 0.1) is 23.0 Å². The standard InChI is InChI=1S/C14H11N3O/c15-10-11-5-4-8-13(9-11)17(14(16)18)12-6-2-1-3-7-12/h1-9H,(H2,16,18). The number of hydrogen-bond donors (Lipinski definition) is 1. The first kappa shape index (κ1) is 11.7. The Kier molecular flexibility index (Phi) is 3.26. The normalized spacial score (nSPS) is 9.50. The summed E-state index contributed by atoms with van der Waals surface area (Å²) >= 11 is 0. The van der Waals surface area contributed by atoms with Crippen molar-refractivity contribution in [3.05, 3.63) is 60.2 Å². The summed E-state index contributed by atoms with van der Waals surface area (Å²) in [5.74, 6) is 0. The van der Waals surface area contributed by atoms with Gasteiger partial charge in [-0.15, -0.1) is 0 Å². The monoisotopic (exact) mass is 237 g/mol. The fourth-order valence-corrected chi connectivity index (χ4v) is 1.70. The Morgan fingerprint density at radius 2 is 1.72 bits per heavy atom. The largest absolute Gasteiger partial charge is 0.351 e. The van der Waals surface area contributed by atoms with Crippen molar-refractivity contribution in [1.29, 1.82) is 5.26 Å². The van der Waals surface area contributed by atoms with Gasteiger partial charge in [0.15, 0.2) is 0 Å². The van der Waals surface area contributed by atoms with Crippen LogP contribution in [0.15, 0.2) is 54.6 Å². The van der Waals surface area contributed by atoms with E-state index in [1.165, 1.54) is 4.90 Å². The van der Waals surface area contributed by atoms with Gasteiger partial charge in [0.1, 0.15) is 0 Å². The zero-order chi connectivity index (χ0) is 13.0. The molecule has 4 heteroatoms. The molecule has 0 radical (unpaired) electrons. The zero-order valence-electron chi connectivity index (χ0n) is 9.58. The number of anilines is 2. The van der Waals surface area contributed by atoms with E-state index in [4.69, 9.17) is 11.0 Å². The van der Waals surface area contributed by atoms with E-state index in [2.05, 4.69) is 0 Å². The minimum atomic E-state index is -0.587. The smallest absolute Gasteiger partial charge is 0.323 e. The highest BCUT2D eigenvalue weighted by Gasteiger charge is 2.14. The quantitative estimate of drug-likeness (QED) is 0.872. The summed E-state index contributed by atoms with van der Waals surface area (Å²) in [5, 5.41) is 8.87. The van der Waals surface area contributed by atoms with Crippen molar-refractivity contribution in [2.45, 2.75) is 0 Å². The van der Waals surface area contributed by atoms with Gasteiger partial charge in [-0.2, -0.15) is 5.26 Å². The summed E-state index contributed by atoms with van der Waals surface area (Å²) in [6.45, 7) is 0. The fraction of sp³-hybridized carbons (Fsp3) is 0. The molecule has 0 heterocycles. The summed E-state index contributed by atoms with van der Waals surface area (Å²) in [5.41, 5.74) is 7.12. The lowest BCUT2D eigenvalue weighted by Gasteiger charge is -2.20. The Labute approximate surface area is 105 Å². The van der Waals surface area contributed by atoms with E-state index >= 15 is 0 Å². The van der Waals surface area contributed by atoms with E-state index < -0.39 is 6.03 Å². The molecule has 88 valence electrons. The van der Waals surface area contributed by atoms with Crippen molar-refractivity contribution in [3.63, 3.8) is 0 Å². The lowest BCUT2D eigenvalue weighted by atomic mass is 10.2. The minimum Gasteiger partial charge on any atom is -0.351 e. The second-order valence-electron chi connectivity index (χ2n) is 3.67. The number of amides is 2. The first-order chi connectivity index (χ1) is 8.72. The van der Waals surface area contributed by atoms with Gasteiger partial charge in [-0.05, 0) is 30.3 Å². The van der Waals surface area contributed by atoms with Crippen molar-refractivity contribution >= 4 is 17.4 Å². The van der Waals surface area contributed by atoms with E-state index in [-0.39, 0.29) is 0 Å². The van der Waals surface area contributed by atoms with Crippen LogP contribution in [0.5, 0.6) is 0 Å². The molecule has 2 aromatic rings. The van der Waals surface area contributed by atoms with Crippen LogP contribution in [0.2, 0.25) is 0 Å². The molecule has 0 aliphatic heterocycles. The lowest BCUT2D eigenvalue weighted by molar-refractivity contribution is 0.256. The van der Waals surface area contributed by atoms with Crippen LogP contribution in [0.1, 0.15) is 5.56 Å². The fourth-order valence-electron chi connectivity index (χ4n) is 1.70. The number of carbonyl (C=O) groups excluding carboxylic acids is 1. The maximum absolute atomic E-state index is 11.6. The summed E-state index contributed by atoms with van der Waals surface area (Å²) in [6, 6.07) is 17.3. The number of nitrogens with zero attached hydrogens (tertiary/aromatic N) is 2. The number of hydrogen-bond acceptors (Lipinski definition) is 2. The van der Waals surface area contributed by atoms with Crippen LogP contribution in [0, 0.1) is 11.3 Å². The van der Waals surface area contributed by atoms with Crippen LogP contribution in [0.4, 0.5) is 16.2 Å². The van der Waals surface area contributed by atoms with Gasteiger partial charge in [0, 0.05) is 0 Å². The molecule has 0 unspecified atom stereocenters. The molecule has 2 rings (SSSR count). The predicted octanol–water partition coefficient (Wildman–Crippen LogP) is 2.78. The van der Waals surface area contributed by atoms with Gasteiger partial charge in [0.2, 0.25) is 0 Å². The highest BCUT2D eigenvalue weighted by molar-refractivity contribution is 5.98. The molecule has 4 nitrogen and oxygen atoms in total. The lowest BCUT2D eigenvalue weighted by Crippen LogP contribution is -2.31. The molecule has 0 saturated carbocycles. The van der Waals surface area contributed by atoms with Crippen molar-refractivity contribution in [2.75, 3.05) is 4.90 Å². The number of primary amides is 1. The zero-order valence-corrected chi connectivity index (χ0v) is 9.58. The average Bonchev–Trinajstić information content (AvgIpc) is 2.40. The van der Waals surface area contributed by atoms with Crippen molar-refractivity contribution < 1.29 is 4.79 Å². The van der Waals surface area contributed by atoms with Gasteiger partial charge in [-0.1, -0.05) is 24.3 Å². The van der Waals surface area contributed by atoms with Crippen LogP contribution in [0.3, 0.4) is 0 Å². The molecule has 0 aliphatic carbocycles. The average molecular weight is 237 g/mol. The van der Waals surface area contributed by atoms with Crippen LogP contribution >= 0.6 is 0 Å². The second kappa shape index (κ2) is 5.02. The number of urea groups is 1. The Morgan fingerprint density at radius 1 is 1.06 bits per heavy atom. The molecule has 0 bridgehead atoms. The van der Waals surface area contributed by atoms with Crippen molar-refractivity contribution in [1.82, 2.24) is 0 Å². The number of nitrogens with two attached hydrogens (primary N) is 1. The molecule has 2 aromatic carbocycles. The van der Waals surface area contributed by atoms with E-state index in [0.29, 0.717) is 16.9 Å². The molecule has 0 saturated heterocycles. The number of benzene rings is 2. The Balaban J connectivity index is 2.49. The predicted molar refractivity (Wildman–Crippen MR) is 69.3 cm³/mol. The molecule has 0 atom stereocenters. The van der Waals surface area contributed by atoms with E-state index in [1.807, 2.05) is 24.3 Å². The first-order valence-electron chi connectivity index (χ1n) is 5.37. The van der Waals surface area contributed by atoms with Gasteiger partial charge < -0.3 is 5.73 Å². The molecule has 0 fully saturated rings. The van der Waals surface area contributed by atoms with Crippen LogP contribution in [0.25, 0.3) is 0 Å². The molecular weight excluding hydrogens is 226 g/mol. The van der Waals surface area contributed by atoms with Gasteiger partial charge in [0.25, 0.3) is 0 Å². The minimum absolute atomic E-state index is 0.481. The number of nitriles is 1. The molecule has 0 aliphatic rings. The number of rotatable bonds is 2. The molecular formula is C14H11N3O. The Bertz CT molecular complexity index is 602. The van der Waals surface area contributed by atoms with E-state index in [1.54, 1.807) is 36.4 Å². The van der Waals surface area contributed by atoms with E-state index in [9.17, 15) is 4.79 Å². The Hall–Kier alpha value is -2.80. The first-order valence-corrected chi connectivity index (χ1v) is 5.37. The van der Waals surface area contributed by atoms with Crippen LogP contribution in [-0.2, 0) is 0 Å². The van der Waals surface area contributed by atoms with E-state index in [0.717, 1.165) is 0 Å². The summed E-state index contributed by atoms with van der Waals surface area (Å²) in [4.78, 5) is 12.9. The topological polar surface area (TPSA) is 70.1 Å². The maximum atomic E-state index is 11.6. The SMILES string of the molecule is N#Cc1cccc(N(C(N)=O)c2ccccc2)c1. The third-order valence-corrected chi connectivity index (χ3v) is 2.47. The van der Waals surface area contributed by atoms with Crippen molar-refractivity contribution in [2.24, 2.45) is 5.73 Å². The highest BCUT2D eigenvalue weighted by Crippen LogP contribution is 2.25. The third-order valence-electron chi connectivity index (χ3n) is 2.47. The highest BCUT2D eigenvalue weighted by atomic mass is 16.2. The van der Waals surface area contributed by atoms with Gasteiger partial charge in [-0.3, -0.25) is 4.90 Å². The third kappa shape index (κ3) is 2.30. The summed E-state index contributed by atoms with van der Waals surface area (Å²) < 4.78 is 0. The number of carbonyl (C=O) groups is 1. The molecule has 2 amide bonds.